The van der Waals surface area contributed by atoms with Gasteiger partial charge in [-0.25, -0.2) is 19.3 Å². The minimum absolute atomic E-state index is 0.0105. The first-order valence-electron chi connectivity index (χ1n) is 13.6. The smallest absolute Gasteiger partial charge is 0.354 e. The monoisotopic (exact) mass is 539 g/mol. The average molecular weight is 540 g/mol. The predicted octanol–water partition coefficient (Wildman–Crippen LogP) is 3.55. The lowest BCUT2D eigenvalue weighted by Gasteiger charge is -2.26. The molecule has 1 saturated carbocycles. The van der Waals surface area contributed by atoms with Gasteiger partial charge in [-0.3, -0.25) is 4.79 Å². The van der Waals surface area contributed by atoms with E-state index in [-0.39, 0.29) is 34.8 Å². The van der Waals surface area contributed by atoms with Crippen molar-refractivity contribution in [3.63, 3.8) is 0 Å². The number of carboxylic acid groups (broad SMARTS) is 1. The standard InChI is InChI=1S/C30H33N7O3/c1-19-14-22(36-13-12-30(2,18-36)21-8-5-4-6-9-21)17-37-27(19)33-26(34-37)28(38)32-24-15-20(24)16-35(3)25-11-7-10-23(31-25)29(39)40/h4-11,14,17,20,24H,12-13,15-16,18H2,1-3H3,(H,32,38)(H,39,40)/t20-,24?,30-/m0/s1. The summed E-state index contributed by atoms with van der Waals surface area (Å²) in [6, 6.07) is 17.7. The Morgan fingerprint density at radius 2 is 1.95 bits per heavy atom. The third kappa shape index (κ3) is 4.97. The maximum absolute atomic E-state index is 13.0. The zero-order valence-electron chi connectivity index (χ0n) is 22.9. The van der Waals surface area contributed by atoms with Gasteiger partial charge in [-0.1, -0.05) is 43.3 Å². The number of benzene rings is 1. The molecule has 1 amide bonds. The van der Waals surface area contributed by atoms with Crippen LogP contribution in [0.2, 0.25) is 0 Å². The molecule has 40 heavy (non-hydrogen) atoms. The molecule has 10 heteroatoms. The molecule has 2 fully saturated rings. The average Bonchev–Trinajstić information content (AvgIpc) is 3.32. The minimum Gasteiger partial charge on any atom is -0.477 e. The summed E-state index contributed by atoms with van der Waals surface area (Å²) in [6.45, 7) is 6.84. The van der Waals surface area contributed by atoms with Gasteiger partial charge in [0.1, 0.15) is 5.82 Å². The highest BCUT2D eigenvalue weighted by Crippen LogP contribution is 2.37. The Morgan fingerprint density at radius 3 is 2.73 bits per heavy atom. The maximum atomic E-state index is 13.0. The third-order valence-electron chi connectivity index (χ3n) is 8.21. The Kier molecular flexibility index (Phi) is 6.40. The molecule has 4 aromatic rings. The van der Waals surface area contributed by atoms with Gasteiger partial charge in [0.25, 0.3) is 5.91 Å². The summed E-state index contributed by atoms with van der Waals surface area (Å²) in [5, 5.41) is 16.8. The number of hydrogen-bond acceptors (Lipinski definition) is 7. The van der Waals surface area contributed by atoms with Crippen molar-refractivity contribution in [2.24, 2.45) is 5.92 Å². The number of rotatable bonds is 8. The third-order valence-corrected chi connectivity index (χ3v) is 8.21. The van der Waals surface area contributed by atoms with Crippen LogP contribution in [0.1, 0.15) is 52.0 Å². The number of amides is 1. The number of hydrogen-bond donors (Lipinski definition) is 2. The maximum Gasteiger partial charge on any atom is 0.354 e. The van der Waals surface area contributed by atoms with Gasteiger partial charge < -0.3 is 20.2 Å². The molecule has 0 spiro atoms. The Balaban J connectivity index is 1.10. The summed E-state index contributed by atoms with van der Waals surface area (Å²) in [5.41, 5.74) is 4.17. The van der Waals surface area contributed by atoms with E-state index in [9.17, 15) is 14.7 Å². The molecule has 1 aliphatic heterocycles. The van der Waals surface area contributed by atoms with E-state index >= 15 is 0 Å². The Hall–Kier alpha value is -4.47. The Labute approximate surface area is 232 Å². The molecule has 1 aromatic carbocycles. The van der Waals surface area contributed by atoms with Crippen molar-refractivity contribution in [3.8, 4) is 0 Å². The summed E-state index contributed by atoms with van der Waals surface area (Å²) in [7, 11) is 1.87. The molecule has 206 valence electrons. The highest BCUT2D eigenvalue weighted by atomic mass is 16.4. The van der Waals surface area contributed by atoms with E-state index in [4.69, 9.17) is 0 Å². The molecule has 2 N–H and O–H groups in total. The van der Waals surface area contributed by atoms with Crippen LogP contribution < -0.4 is 15.1 Å². The van der Waals surface area contributed by atoms with E-state index in [0.29, 0.717) is 18.0 Å². The van der Waals surface area contributed by atoms with Crippen LogP contribution in [0.3, 0.4) is 0 Å². The number of aromatic carboxylic acids is 1. The molecule has 3 aromatic heterocycles. The summed E-state index contributed by atoms with van der Waals surface area (Å²) in [6.07, 6.45) is 3.87. The lowest BCUT2D eigenvalue weighted by atomic mass is 9.82. The molecule has 4 heterocycles. The van der Waals surface area contributed by atoms with Crippen molar-refractivity contribution in [1.29, 1.82) is 0 Å². The van der Waals surface area contributed by atoms with Crippen LogP contribution in [-0.4, -0.2) is 69.3 Å². The molecule has 1 unspecified atom stereocenters. The van der Waals surface area contributed by atoms with Crippen molar-refractivity contribution in [1.82, 2.24) is 24.9 Å². The van der Waals surface area contributed by atoms with Crippen LogP contribution in [0, 0.1) is 12.8 Å². The second-order valence-electron chi connectivity index (χ2n) is 11.3. The van der Waals surface area contributed by atoms with Crippen molar-refractivity contribution in [2.75, 3.05) is 36.5 Å². The highest BCUT2D eigenvalue weighted by molar-refractivity contribution is 5.91. The van der Waals surface area contributed by atoms with Crippen LogP contribution in [0.15, 0.2) is 60.8 Å². The van der Waals surface area contributed by atoms with E-state index in [1.54, 1.807) is 16.6 Å². The van der Waals surface area contributed by atoms with Crippen LogP contribution in [-0.2, 0) is 5.41 Å². The molecule has 1 aliphatic carbocycles. The lowest BCUT2D eigenvalue weighted by Crippen LogP contribution is -2.30. The molecular formula is C30H33N7O3. The van der Waals surface area contributed by atoms with Crippen LogP contribution in [0.4, 0.5) is 11.5 Å². The van der Waals surface area contributed by atoms with Gasteiger partial charge in [0.05, 0.1) is 11.9 Å². The van der Waals surface area contributed by atoms with Gasteiger partial charge >= 0.3 is 5.97 Å². The van der Waals surface area contributed by atoms with E-state index in [1.165, 1.54) is 11.6 Å². The molecular weight excluding hydrogens is 506 g/mol. The number of fused-ring (bicyclic) bond motifs is 1. The topological polar surface area (TPSA) is 116 Å². The minimum atomic E-state index is -1.06. The van der Waals surface area contributed by atoms with E-state index < -0.39 is 5.97 Å². The first kappa shape index (κ1) is 25.8. The summed E-state index contributed by atoms with van der Waals surface area (Å²) in [4.78, 5) is 37.3. The van der Waals surface area contributed by atoms with Crippen molar-refractivity contribution in [3.05, 3.63) is 83.4 Å². The fraction of sp³-hybridized carbons (Fsp3) is 0.367. The molecule has 10 nitrogen and oxygen atoms in total. The number of nitrogens with zero attached hydrogens (tertiary/aromatic N) is 6. The zero-order chi connectivity index (χ0) is 28.0. The van der Waals surface area contributed by atoms with Crippen LogP contribution in [0.25, 0.3) is 5.65 Å². The predicted molar refractivity (Wildman–Crippen MR) is 152 cm³/mol. The number of anilines is 2. The number of nitrogens with one attached hydrogen (secondary N) is 1. The van der Waals surface area contributed by atoms with E-state index in [2.05, 4.69) is 68.6 Å². The molecule has 3 atom stereocenters. The van der Waals surface area contributed by atoms with Gasteiger partial charge in [0.2, 0.25) is 5.82 Å². The van der Waals surface area contributed by atoms with Gasteiger partial charge in [-0.05, 0) is 55.0 Å². The zero-order valence-corrected chi connectivity index (χ0v) is 22.9. The van der Waals surface area contributed by atoms with Crippen LogP contribution in [0.5, 0.6) is 0 Å². The molecule has 0 radical (unpaired) electrons. The summed E-state index contributed by atoms with van der Waals surface area (Å²) in [5.74, 6) is -0.356. The number of aromatic nitrogens is 4. The van der Waals surface area contributed by atoms with Crippen molar-refractivity contribution >= 4 is 29.0 Å². The molecule has 6 rings (SSSR count). The number of pyridine rings is 2. The van der Waals surface area contributed by atoms with Crippen molar-refractivity contribution < 1.29 is 14.7 Å². The van der Waals surface area contributed by atoms with E-state index in [1.807, 2.05) is 25.1 Å². The number of aryl methyl sites for hydroxylation is 1. The van der Waals surface area contributed by atoms with Gasteiger partial charge in [0.15, 0.2) is 11.3 Å². The summed E-state index contributed by atoms with van der Waals surface area (Å²) < 4.78 is 1.72. The Bertz CT molecular complexity index is 1590. The molecule has 1 saturated heterocycles. The SMILES string of the molecule is Cc1cc(N2CC[C@](C)(c3ccccc3)C2)cn2nc(C(=O)NC3C[C@H]3CN(C)c3cccc(C(=O)O)n3)nc12. The largest absolute Gasteiger partial charge is 0.477 e. The summed E-state index contributed by atoms with van der Waals surface area (Å²) >= 11 is 0. The van der Waals surface area contributed by atoms with Gasteiger partial charge in [0, 0.05) is 38.1 Å². The first-order valence-corrected chi connectivity index (χ1v) is 13.6. The van der Waals surface area contributed by atoms with Crippen LogP contribution >= 0.6 is 0 Å². The lowest BCUT2D eigenvalue weighted by molar-refractivity contribution is 0.0690. The van der Waals surface area contributed by atoms with Gasteiger partial charge in [-0.2, -0.15) is 0 Å². The highest BCUT2D eigenvalue weighted by Gasteiger charge is 2.40. The number of carbonyl (C=O) groups excluding carboxylic acids is 1. The first-order chi connectivity index (χ1) is 19.2. The fourth-order valence-electron chi connectivity index (χ4n) is 5.72. The molecule has 0 bridgehead atoms. The quantitative estimate of drug-likeness (QED) is 0.349. The fourth-order valence-corrected chi connectivity index (χ4v) is 5.72. The molecule has 2 aliphatic rings. The number of carboxylic acids is 1. The number of carbonyl (C=O) groups is 2. The normalized spacial score (nSPS) is 21.9. The van der Waals surface area contributed by atoms with Crippen molar-refractivity contribution in [2.45, 2.75) is 38.1 Å². The van der Waals surface area contributed by atoms with E-state index in [0.717, 1.165) is 37.2 Å². The second-order valence-corrected chi connectivity index (χ2v) is 11.3. The second kappa shape index (κ2) is 9.93. The van der Waals surface area contributed by atoms with Gasteiger partial charge in [-0.15, -0.1) is 5.10 Å². The Morgan fingerprint density at radius 1 is 1.15 bits per heavy atom.